The Morgan fingerprint density at radius 1 is 1.31 bits per heavy atom. The third-order valence-electron chi connectivity index (χ3n) is 4.52. The predicted octanol–water partition coefficient (Wildman–Crippen LogP) is 4.32. The molecule has 2 aromatic rings. The molecule has 26 heavy (non-hydrogen) atoms. The maximum absolute atomic E-state index is 12.8. The van der Waals surface area contributed by atoms with Gasteiger partial charge in [0.1, 0.15) is 34.7 Å². The summed E-state index contributed by atoms with van der Waals surface area (Å²) in [4.78, 5) is 12.8. The zero-order valence-corrected chi connectivity index (χ0v) is 14.9. The minimum absolute atomic E-state index is 0.0426. The van der Waals surface area contributed by atoms with Gasteiger partial charge < -0.3 is 19.7 Å². The lowest BCUT2D eigenvalue weighted by atomic mass is 9.91. The number of rotatable bonds is 5. The monoisotopic (exact) mass is 354 g/mol. The fraction of sp³-hybridized carbons (Fsp3) is 0.286. The zero-order valence-electron chi connectivity index (χ0n) is 14.9. The van der Waals surface area contributed by atoms with Gasteiger partial charge in [0.25, 0.3) is 0 Å². The van der Waals surface area contributed by atoms with Gasteiger partial charge in [-0.2, -0.15) is 0 Å². The summed E-state index contributed by atoms with van der Waals surface area (Å²) in [6, 6.07) is 8.04. The number of hydrogen-bond donors (Lipinski definition) is 2. The number of ether oxygens (including phenoxy) is 2. The molecule has 0 spiro atoms. The molecule has 5 heteroatoms. The molecule has 0 aromatic heterocycles. The van der Waals surface area contributed by atoms with Gasteiger partial charge in [-0.15, -0.1) is 6.58 Å². The molecule has 0 saturated carbocycles. The van der Waals surface area contributed by atoms with Crippen LogP contribution in [0.5, 0.6) is 23.0 Å². The number of methoxy groups -OCH3 is 1. The Kier molecular flexibility index (Phi) is 4.89. The van der Waals surface area contributed by atoms with Crippen molar-refractivity contribution < 1.29 is 24.5 Å². The molecule has 2 aromatic carbocycles. The van der Waals surface area contributed by atoms with E-state index in [1.54, 1.807) is 24.3 Å². The van der Waals surface area contributed by atoms with Gasteiger partial charge in [-0.25, -0.2) is 0 Å². The van der Waals surface area contributed by atoms with Gasteiger partial charge in [0.2, 0.25) is 0 Å². The van der Waals surface area contributed by atoms with Crippen molar-refractivity contribution in [3.8, 4) is 23.0 Å². The van der Waals surface area contributed by atoms with E-state index in [0.29, 0.717) is 35.5 Å². The number of ketones is 1. The van der Waals surface area contributed by atoms with Crippen LogP contribution in [-0.4, -0.2) is 23.1 Å². The van der Waals surface area contributed by atoms with E-state index in [-0.39, 0.29) is 23.7 Å². The Hall–Kier alpha value is -2.95. The molecule has 0 radical (unpaired) electrons. The summed E-state index contributed by atoms with van der Waals surface area (Å²) < 4.78 is 11.4. The number of fused-ring (bicyclic) bond motifs is 1. The van der Waals surface area contributed by atoms with Crippen molar-refractivity contribution in [1.82, 2.24) is 0 Å². The van der Waals surface area contributed by atoms with Gasteiger partial charge >= 0.3 is 0 Å². The molecule has 136 valence electrons. The van der Waals surface area contributed by atoms with Gasteiger partial charge in [-0.1, -0.05) is 17.7 Å². The van der Waals surface area contributed by atoms with Crippen LogP contribution in [-0.2, 0) is 6.42 Å². The van der Waals surface area contributed by atoms with Crippen LogP contribution in [0.4, 0.5) is 0 Å². The van der Waals surface area contributed by atoms with Crippen LogP contribution in [0.2, 0.25) is 0 Å². The summed E-state index contributed by atoms with van der Waals surface area (Å²) in [5.41, 5.74) is 2.72. The second-order valence-electron chi connectivity index (χ2n) is 6.56. The first-order chi connectivity index (χ1) is 12.4. The second-order valence-corrected chi connectivity index (χ2v) is 6.56. The SMILES string of the molecule is C=C(C)CCc1c(O)cc(OC)c2c1OC(c1ccc(O)cc1)CC2=O. The lowest BCUT2D eigenvalue weighted by Crippen LogP contribution is -2.22. The highest BCUT2D eigenvalue weighted by Crippen LogP contribution is 2.46. The van der Waals surface area contributed by atoms with Crippen molar-refractivity contribution >= 4 is 5.78 Å². The fourth-order valence-electron chi connectivity index (χ4n) is 3.13. The number of phenolic OH excluding ortho intramolecular Hbond substituents is 2. The first kappa shape index (κ1) is 17.9. The van der Waals surface area contributed by atoms with E-state index in [2.05, 4.69) is 6.58 Å². The Balaban J connectivity index is 2.06. The standard InChI is InChI=1S/C21H22O5/c1-12(2)4-9-15-16(23)10-19(25-3)20-17(24)11-18(26-21(15)20)13-5-7-14(22)8-6-13/h5-8,10,18,22-23H,1,4,9,11H2,2-3H3. The molecule has 0 bridgehead atoms. The summed E-state index contributed by atoms with van der Waals surface area (Å²) in [5.74, 6) is 0.777. The molecular formula is C21H22O5. The minimum Gasteiger partial charge on any atom is -0.508 e. The topological polar surface area (TPSA) is 76.0 Å². The van der Waals surface area contributed by atoms with E-state index in [4.69, 9.17) is 9.47 Å². The minimum atomic E-state index is -0.481. The van der Waals surface area contributed by atoms with Gasteiger partial charge in [-0.3, -0.25) is 4.79 Å². The highest BCUT2D eigenvalue weighted by Gasteiger charge is 2.33. The average molecular weight is 354 g/mol. The largest absolute Gasteiger partial charge is 0.508 e. The lowest BCUT2D eigenvalue weighted by Gasteiger charge is -2.29. The molecule has 2 N–H and O–H groups in total. The van der Waals surface area contributed by atoms with E-state index in [1.165, 1.54) is 13.2 Å². The van der Waals surface area contributed by atoms with Crippen LogP contribution < -0.4 is 9.47 Å². The average Bonchev–Trinajstić information content (AvgIpc) is 2.60. The molecule has 1 atom stereocenters. The van der Waals surface area contributed by atoms with Crippen LogP contribution in [0.15, 0.2) is 42.5 Å². The summed E-state index contributed by atoms with van der Waals surface area (Å²) in [6.07, 6.45) is 0.876. The maximum atomic E-state index is 12.8. The normalized spacial score (nSPS) is 15.9. The lowest BCUT2D eigenvalue weighted by molar-refractivity contribution is 0.0841. The second kappa shape index (κ2) is 7.12. The molecule has 1 heterocycles. The van der Waals surface area contributed by atoms with Gasteiger partial charge in [0.05, 0.1) is 13.5 Å². The van der Waals surface area contributed by atoms with E-state index >= 15 is 0 Å². The first-order valence-electron chi connectivity index (χ1n) is 8.46. The molecule has 0 amide bonds. The van der Waals surface area contributed by atoms with E-state index < -0.39 is 6.10 Å². The number of carbonyl (C=O) groups is 1. The Bertz CT molecular complexity index is 852. The summed E-state index contributed by atoms with van der Waals surface area (Å²) >= 11 is 0. The van der Waals surface area contributed by atoms with Crippen molar-refractivity contribution in [1.29, 1.82) is 0 Å². The summed E-state index contributed by atoms with van der Waals surface area (Å²) in [5, 5.41) is 19.9. The molecular weight excluding hydrogens is 332 g/mol. The summed E-state index contributed by atoms with van der Waals surface area (Å²) in [7, 11) is 1.46. The van der Waals surface area contributed by atoms with Crippen LogP contribution >= 0.6 is 0 Å². The fourth-order valence-corrected chi connectivity index (χ4v) is 3.13. The quantitative estimate of drug-likeness (QED) is 0.782. The highest BCUT2D eigenvalue weighted by atomic mass is 16.5. The zero-order chi connectivity index (χ0) is 18.8. The number of carbonyl (C=O) groups excluding carboxylic acids is 1. The van der Waals surface area contributed by atoms with Crippen molar-refractivity contribution in [2.45, 2.75) is 32.3 Å². The first-order valence-corrected chi connectivity index (χ1v) is 8.46. The van der Waals surface area contributed by atoms with Crippen LogP contribution in [0, 0.1) is 0 Å². The van der Waals surface area contributed by atoms with Crippen molar-refractivity contribution in [3.63, 3.8) is 0 Å². The number of Topliss-reactive ketones (excluding diaryl/α,β-unsaturated/α-hetero) is 1. The maximum Gasteiger partial charge on any atom is 0.174 e. The molecule has 5 nitrogen and oxygen atoms in total. The molecule has 0 fully saturated rings. The van der Waals surface area contributed by atoms with Crippen molar-refractivity contribution in [2.24, 2.45) is 0 Å². The number of allylic oxidation sites excluding steroid dienone is 1. The van der Waals surface area contributed by atoms with E-state index in [0.717, 1.165) is 11.1 Å². The number of benzene rings is 2. The Morgan fingerprint density at radius 3 is 2.62 bits per heavy atom. The molecule has 1 aliphatic heterocycles. The molecule has 1 unspecified atom stereocenters. The molecule has 0 aliphatic carbocycles. The van der Waals surface area contributed by atoms with Gasteiger partial charge in [0, 0.05) is 11.6 Å². The van der Waals surface area contributed by atoms with Gasteiger partial charge in [0.15, 0.2) is 5.78 Å². The van der Waals surface area contributed by atoms with Crippen molar-refractivity contribution in [3.05, 3.63) is 59.2 Å². The van der Waals surface area contributed by atoms with Crippen molar-refractivity contribution in [2.75, 3.05) is 7.11 Å². The third-order valence-corrected chi connectivity index (χ3v) is 4.52. The van der Waals surface area contributed by atoms with Crippen LogP contribution in [0.3, 0.4) is 0 Å². The van der Waals surface area contributed by atoms with Crippen LogP contribution in [0.25, 0.3) is 0 Å². The van der Waals surface area contributed by atoms with E-state index in [9.17, 15) is 15.0 Å². The number of aromatic hydroxyl groups is 2. The summed E-state index contributed by atoms with van der Waals surface area (Å²) in [6.45, 7) is 5.81. The Labute approximate surface area is 152 Å². The third kappa shape index (κ3) is 3.38. The van der Waals surface area contributed by atoms with E-state index in [1.807, 2.05) is 6.92 Å². The highest BCUT2D eigenvalue weighted by molar-refractivity contribution is 6.03. The number of hydrogen-bond acceptors (Lipinski definition) is 5. The van der Waals surface area contributed by atoms with Crippen LogP contribution in [0.1, 0.15) is 47.4 Å². The molecule has 0 saturated heterocycles. The molecule has 3 rings (SSSR count). The molecule has 1 aliphatic rings. The number of phenols is 2. The predicted molar refractivity (Wildman–Crippen MR) is 98.2 cm³/mol. The van der Waals surface area contributed by atoms with Gasteiger partial charge in [-0.05, 0) is 37.5 Å². The Morgan fingerprint density at radius 2 is 2.00 bits per heavy atom. The smallest absolute Gasteiger partial charge is 0.174 e.